The summed E-state index contributed by atoms with van der Waals surface area (Å²) in [5.41, 5.74) is 0. The average Bonchev–Trinajstić information content (AvgIpc) is 2.54. The van der Waals surface area contributed by atoms with Gasteiger partial charge in [-0.2, -0.15) is 0 Å². The number of hydrogen-bond acceptors (Lipinski definition) is 4. The van der Waals surface area contributed by atoms with Crippen LogP contribution < -0.4 is 0 Å². The van der Waals surface area contributed by atoms with E-state index in [1.54, 1.807) is 0 Å². The third-order valence-corrected chi connectivity index (χ3v) is 2.61. The minimum absolute atomic E-state index is 0.0134. The van der Waals surface area contributed by atoms with Crippen LogP contribution in [0.15, 0.2) is 12.2 Å². The van der Waals surface area contributed by atoms with Crippen LogP contribution >= 0.6 is 0 Å². The normalized spacial score (nSPS) is 24.5. The van der Waals surface area contributed by atoms with E-state index in [4.69, 9.17) is 0 Å². The fourth-order valence-corrected chi connectivity index (χ4v) is 1.67. The minimum atomic E-state index is -0.643. The maximum Gasteiger partial charge on any atom is 0.305 e. The first-order valence-electron chi connectivity index (χ1n) is 5.12. The highest BCUT2D eigenvalue weighted by molar-refractivity contribution is 5.94. The largest absolute Gasteiger partial charge is 0.469 e. The summed E-state index contributed by atoms with van der Waals surface area (Å²) in [4.78, 5) is 22.0. The summed E-state index contributed by atoms with van der Waals surface area (Å²) in [5.74, 6) is -0.547. The number of allylic oxidation sites excluding steroid dienone is 1. The van der Waals surface area contributed by atoms with E-state index in [1.807, 2.05) is 0 Å². The van der Waals surface area contributed by atoms with E-state index in [1.165, 1.54) is 19.3 Å². The van der Waals surface area contributed by atoms with Gasteiger partial charge in [-0.05, 0) is 18.9 Å². The van der Waals surface area contributed by atoms with Crippen molar-refractivity contribution < 1.29 is 19.4 Å². The van der Waals surface area contributed by atoms with Gasteiger partial charge in [0.05, 0.1) is 19.1 Å². The van der Waals surface area contributed by atoms with Crippen molar-refractivity contribution in [2.24, 2.45) is 5.92 Å². The molecule has 1 N–H and O–H groups in total. The van der Waals surface area contributed by atoms with Crippen molar-refractivity contribution in [3.05, 3.63) is 12.2 Å². The second-order valence-corrected chi connectivity index (χ2v) is 3.68. The molecule has 4 nitrogen and oxygen atoms in total. The Hall–Kier alpha value is -1.16. The molecule has 0 spiro atoms. The highest BCUT2D eigenvalue weighted by Crippen LogP contribution is 2.21. The topological polar surface area (TPSA) is 63.6 Å². The Labute approximate surface area is 88.9 Å². The van der Waals surface area contributed by atoms with E-state index in [-0.39, 0.29) is 17.7 Å². The highest BCUT2D eigenvalue weighted by Gasteiger charge is 2.27. The highest BCUT2D eigenvalue weighted by atomic mass is 16.5. The molecule has 0 aromatic heterocycles. The van der Waals surface area contributed by atoms with Crippen molar-refractivity contribution in [1.29, 1.82) is 0 Å². The van der Waals surface area contributed by atoms with Crippen LogP contribution in [0.3, 0.4) is 0 Å². The molecule has 15 heavy (non-hydrogen) atoms. The maximum absolute atomic E-state index is 11.2. The van der Waals surface area contributed by atoms with Crippen molar-refractivity contribution >= 4 is 11.8 Å². The number of aliphatic hydroxyl groups is 1. The molecule has 4 heteroatoms. The standard InChI is InChI=1S/C11H16O4/c1-15-11(14)5-3-2-4-8-9(12)6-7-10(8)13/h6-9,12H,2-5H2,1H3. The summed E-state index contributed by atoms with van der Waals surface area (Å²) in [6, 6.07) is 0. The fourth-order valence-electron chi connectivity index (χ4n) is 1.67. The van der Waals surface area contributed by atoms with E-state index in [2.05, 4.69) is 4.74 Å². The molecule has 1 aliphatic carbocycles. The molecule has 0 aromatic carbocycles. The lowest BCUT2D eigenvalue weighted by Crippen LogP contribution is -2.19. The molecule has 0 bridgehead atoms. The Morgan fingerprint density at radius 3 is 2.80 bits per heavy atom. The zero-order valence-electron chi connectivity index (χ0n) is 8.81. The number of hydrogen-bond donors (Lipinski definition) is 1. The third-order valence-electron chi connectivity index (χ3n) is 2.61. The predicted octanol–water partition coefficient (Wildman–Crippen LogP) is 0.836. The van der Waals surface area contributed by atoms with Crippen LogP contribution in [0.1, 0.15) is 25.7 Å². The van der Waals surface area contributed by atoms with Gasteiger partial charge in [0.1, 0.15) is 0 Å². The Morgan fingerprint density at radius 1 is 1.53 bits per heavy atom. The van der Waals surface area contributed by atoms with Crippen molar-refractivity contribution in [1.82, 2.24) is 0 Å². The average molecular weight is 212 g/mol. The van der Waals surface area contributed by atoms with Crippen LogP contribution in [-0.4, -0.2) is 30.1 Å². The molecular weight excluding hydrogens is 196 g/mol. The van der Waals surface area contributed by atoms with E-state index in [9.17, 15) is 14.7 Å². The molecule has 0 aliphatic heterocycles. The minimum Gasteiger partial charge on any atom is -0.469 e. The number of aliphatic hydroxyl groups excluding tert-OH is 1. The first kappa shape index (κ1) is 11.9. The van der Waals surface area contributed by atoms with Gasteiger partial charge >= 0.3 is 5.97 Å². The second-order valence-electron chi connectivity index (χ2n) is 3.68. The summed E-state index contributed by atoms with van der Waals surface area (Å²) >= 11 is 0. The molecule has 0 radical (unpaired) electrons. The Kier molecular flexibility index (Phi) is 4.49. The molecule has 0 fully saturated rings. The predicted molar refractivity (Wildman–Crippen MR) is 54.1 cm³/mol. The van der Waals surface area contributed by atoms with Crippen LogP contribution in [-0.2, 0) is 14.3 Å². The molecule has 2 unspecified atom stereocenters. The summed E-state index contributed by atoms with van der Waals surface area (Å²) in [6.45, 7) is 0. The van der Waals surface area contributed by atoms with E-state index in [0.717, 1.165) is 6.42 Å². The first-order valence-corrected chi connectivity index (χ1v) is 5.12. The van der Waals surface area contributed by atoms with Gasteiger partial charge in [0, 0.05) is 6.42 Å². The Bertz CT molecular complexity index is 270. The number of rotatable bonds is 5. The maximum atomic E-state index is 11.2. The number of unbranched alkanes of at least 4 members (excludes halogenated alkanes) is 1. The van der Waals surface area contributed by atoms with Crippen LogP contribution in [0, 0.1) is 5.92 Å². The van der Waals surface area contributed by atoms with Gasteiger partial charge in [-0.25, -0.2) is 0 Å². The van der Waals surface area contributed by atoms with Gasteiger partial charge in [-0.1, -0.05) is 12.5 Å². The number of carbonyl (C=O) groups excluding carboxylic acids is 2. The van der Waals surface area contributed by atoms with Crippen LogP contribution in [0.25, 0.3) is 0 Å². The van der Waals surface area contributed by atoms with E-state index >= 15 is 0 Å². The van der Waals surface area contributed by atoms with Crippen LogP contribution in [0.2, 0.25) is 0 Å². The number of methoxy groups -OCH3 is 1. The zero-order chi connectivity index (χ0) is 11.3. The molecule has 0 heterocycles. The Morgan fingerprint density at radius 2 is 2.27 bits per heavy atom. The SMILES string of the molecule is COC(=O)CCCCC1C(=O)C=CC1O. The summed E-state index contributed by atoms with van der Waals surface area (Å²) in [5, 5.41) is 9.41. The lowest BCUT2D eigenvalue weighted by Gasteiger charge is -2.11. The molecule has 0 amide bonds. The monoisotopic (exact) mass is 212 g/mol. The van der Waals surface area contributed by atoms with E-state index in [0.29, 0.717) is 19.3 Å². The van der Waals surface area contributed by atoms with Gasteiger partial charge in [0.25, 0.3) is 0 Å². The number of ether oxygens (including phenoxy) is 1. The second kappa shape index (κ2) is 5.66. The van der Waals surface area contributed by atoms with Crippen molar-refractivity contribution in [2.45, 2.75) is 31.8 Å². The third kappa shape index (κ3) is 3.47. The van der Waals surface area contributed by atoms with Crippen LogP contribution in [0.4, 0.5) is 0 Å². The lowest BCUT2D eigenvalue weighted by atomic mass is 9.96. The molecule has 0 saturated heterocycles. The van der Waals surface area contributed by atoms with Crippen molar-refractivity contribution in [2.75, 3.05) is 7.11 Å². The molecular formula is C11H16O4. The molecule has 1 aliphatic rings. The molecule has 0 saturated carbocycles. The number of esters is 1. The van der Waals surface area contributed by atoms with E-state index < -0.39 is 6.10 Å². The quantitative estimate of drug-likeness (QED) is 0.541. The summed E-state index contributed by atoms with van der Waals surface area (Å²) in [7, 11) is 1.36. The number of carbonyl (C=O) groups is 2. The molecule has 2 atom stereocenters. The van der Waals surface area contributed by atoms with Gasteiger partial charge in [0.15, 0.2) is 5.78 Å². The van der Waals surface area contributed by atoms with Crippen molar-refractivity contribution in [3.63, 3.8) is 0 Å². The summed E-state index contributed by atoms with van der Waals surface area (Å²) < 4.78 is 4.50. The Balaban J connectivity index is 2.15. The first-order chi connectivity index (χ1) is 7.15. The zero-order valence-corrected chi connectivity index (χ0v) is 8.81. The smallest absolute Gasteiger partial charge is 0.305 e. The van der Waals surface area contributed by atoms with Gasteiger partial charge in [0.2, 0.25) is 0 Å². The lowest BCUT2D eigenvalue weighted by molar-refractivity contribution is -0.140. The van der Waals surface area contributed by atoms with Crippen LogP contribution in [0.5, 0.6) is 0 Å². The fraction of sp³-hybridized carbons (Fsp3) is 0.636. The van der Waals surface area contributed by atoms with Crippen molar-refractivity contribution in [3.8, 4) is 0 Å². The molecule has 84 valence electrons. The van der Waals surface area contributed by atoms with Gasteiger partial charge < -0.3 is 9.84 Å². The van der Waals surface area contributed by atoms with Gasteiger partial charge in [-0.3, -0.25) is 9.59 Å². The molecule has 0 aromatic rings. The number of ketones is 1. The molecule has 1 rings (SSSR count). The summed E-state index contributed by atoms with van der Waals surface area (Å²) in [6.07, 6.45) is 4.76. The van der Waals surface area contributed by atoms with Gasteiger partial charge in [-0.15, -0.1) is 0 Å².